The van der Waals surface area contributed by atoms with Gasteiger partial charge in [0.25, 0.3) is 0 Å². The molecule has 0 radical (unpaired) electrons. The van der Waals surface area contributed by atoms with E-state index in [-0.39, 0.29) is 40.6 Å². The van der Waals surface area contributed by atoms with Gasteiger partial charge in [-0.2, -0.15) is 0 Å². The van der Waals surface area contributed by atoms with Crippen molar-refractivity contribution in [3.05, 3.63) is 0 Å². The second kappa shape index (κ2) is 5.32. The molecule has 0 N–H and O–H groups in total. The minimum atomic E-state index is 0. The molecule has 0 spiro atoms. The van der Waals surface area contributed by atoms with Gasteiger partial charge in [0.15, 0.2) is 0 Å². The topological polar surface area (TPSA) is 18.5 Å². The van der Waals surface area contributed by atoms with E-state index >= 15 is 0 Å². The van der Waals surface area contributed by atoms with Crippen molar-refractivity contribution in [1.29, 1.82) is 0 Å². The largest absolute Gasteiger partial charge is 2.00 e. The summed E-state index contributed by atoms with van der Waals surface area (Å²) in [7, 11) is 0. The molecular weight excluding hydrogens is 120 g/mol. The van der Waals surface area contributed by atoms with Crippen molar-refractivity contribution in [3.63, 3.8) is 0 Å². The Bertz CT molecular complexity index is 32.0. The molecule has 0 unspecified atom stereocenters. The third kappa shape index (κ3) is 3.74. The van der Waals surface area contributed by atoms with Gasteiger partial charge in [0, 0.05) is 0 Å². The van der Waals surface area contributed by atoms with Crippen molar-refractivity contribution in [2.45, 2.75) is 0 Å². The molecule has 0 saturated carbocycles. The van der Waals surface area contributed by atoms with Crippen molar-refractivity contribution in [2.75, 3.05) is 26.4 Å². The van der Waals surface area contributed by atoms with Gasteiger partial charge in [0.2, 0.25) is 0 Å². The molecule has 0 atom stereocenters. The van der Waals surface area contributed by atoms with Crippen LogP contribution in [0.15, 0.2) is 0 Å². The molecule has 0 aromatic heterocycles. The maximum Gasteiger partial charge on any atom is 2.00 e. The summed E-state index contributed by atoms with van der Waals surface area (Å²) < 4.78 is 9.89. The minimum Gasteiger partial charge on any atom is -1.00 e. The van der Waals surface area contributed by atoms with E-state index in [4.69, 9.17) is 9.47 Å². The van der Waals surface area contributed by atoms with Crippen LogP contribution < -0.4 is 0 Å². The summed E-state index contributed by atoms with van der Waals surface area (Å²) in [6.45, 7) is 3.11. The smallest absolute Gasteiger partial charge is 1.00 e. The van der Waals surface area contributed by atoms with E-state index in [0.29, 0.717) is 0 Å². The molecule has 0 aromatic carbocycles. The van der Waals surface area contributed by atoms with Crippen molar-refractivity contribution in [2.24, 2.45) is 0 Å². The standard InChI is InChI=1S/C4H8O2.Ca.2H/c1-2-6-4-3-5-1;;;/h1-4H2;;;/q;+2;2*-1. The molecule has 40 valence electrons. The van der Waals surface area contributed by atoms with E-state index in [2.05, 4.69) is 0 Å². The summed E-state index contributed by atoms with van der Waals surface area (Å²) >= 11 is 0. The number of hydrogen-bond acceptors (Lipinski definition) is 2. The maximum atomic E-state index is 4.94. The molecular formula is C4H10CaO2. The van der Waals surface area contributed by atoms with Crippen LogP contribution in [0.4, 0.5) is 0 Å². The van der Waals surface area contributed by atoms with Gasteiger partial charge < -0.3 is 12.3 Å². The molecule has 3 heteroatoms. The summed E-state index contributed by atoms with van der Waals surface area (Å²) in [6, 6.07) is 0. The molecule has 1 saturated heterocycles. The molecule has 7 heavy (non-hydrogen) atoms. The van der Waals surface area contributed by atoms with Crippen LogP contribution in [0.25, 0.3) is 0 Å². The van der Waals surface area contributed by atoms with Crippen LogP contribution in [0.5, 0.6) is 0 Å². The van der Waals surface area contributed by atoms with E-state index < -0.39 is 0 Å². The SMILES string of the molecule is C1COCCO1.[Ca+2].[H-].[H-]. The third-order valence-corrected chi connectivity index (χ3v) is 0.744. The van der Waals surface area contributed by atoms with Crippen molar-refractivity contribution >= 4 is 37.7 Å². The number of rotatable bonds is 0. The van der Waals surface area contributed by atoms with Gasteiger partial charge in [-0.05, 0) is 0 Å². The predicted octanol–water partition coefficient (Wildman–Crippen LogP) is -0.123. The van der Waals surface area contributed by atoms with Crippen LogP contribution in [-0.4, -0.2) is 64.2 Å². The van der Waals surface area contributed by atoms with Crippen LogP contribution in [-0.2, 0) is 9.47 Å². The average Bonchev–Trinajstić information content (AvgIpc) is 1.72. The first-order valence-electron chi connectivity index (χ1n) is 2.15. The normalized spacial score (nSPS) is 20.6. The molecule has 0 amide bonds. The molecule has 0 aromatic rings. The quantitative estimate of drug-likeness (QED) is 0.425. The summed E-state index contributed by atoms with van der Waals surface area (Å²) in [4.78, 5) is 0. The number of ether oxygens (including phenoxy) is 2. The monoisotopic (exact) mass is 130 g/mol. The molecule has 2 nitrogen and oxygen atoms in total. The Balaban J connectivity index is -0.000000120. The predicted molar refractivity (Wildman–Crippen MR) is 29.6 cm³/mol. The van der Waals surface area contributed by atoms with Crippen LogP contribution in [0.1, 0.15) is 2.85 Å². The third-order valence-electron chi connectivity index (χ3n) is 0.744. The van der Waals surface area contributed by atoms with Gasteiger partial charge in [0.05, 0.1) is 26.4 Å². The molecule has 1 heterocycles. The van der Waals surface area contributed by atoms with Gasteiger partial charge in [-0.25, -0.2) is 0 Å². The summed E-state index contributed by atoms with van der Waals surface area (Å²) in [5.41, 5.74) is 0. The van der Waals surface area contributed by atoms with Crippen LogP contribution in [0.2, 0.25) is 0 Å². The van der Waals surface area contributed by atoms with Crippen LogP contribution in [0, 0.1) is 0 Å². The molecule has 1 aliphatic rings. The second-order valence-electron chi connectivity index (χ2n) is 1.22. The van der Waals surface area contributed by atoms with Gasteiger partial charge in [-0.15, -0.1) is 0 Å². The maximum absolute atomic E-state index is 4.94. The van der Waals surface area contributed by atoms with Gasteiger partial charge in [-0.3, -0.25) is 0 Å². The minimum absolute atomic E-state index is 0. The zero-order valence-corrected chi connectivity index (χ0v) is 6.56. The van der Waals surface area contributed by atoms with Crippen LogP contribution >= 0.6 is 0 Å². The van der Waals surface area contributed by atoms with E-state index in [1.165, 1.54) is 0 Å². The van der Waals surface area contributed by atoms with E-state index in [1.807, 2.05) is 0 Å². The first-order valence-corrected chi connectivity index (χ1v) is 2.15. The zero-order valence-electron chi connectivity index (χ0n) is 6.35. The average molecular weight is 130 g/mol. The van der Waals surface area contributed by atoms with E-state index in [0.717, 1.165) is 26.4 Å². The fourth-order valence-electron chi connectivity index (χ4n) is 0.440. The Morgan fingerprint density at radius 1 is 0.857 bits per heavy atom. The van der Waals surface area contributed by atoms with Crippen molar-refractivity contribution in [3.8, 4) is 0 Å². The van der Waals surface area contributed by atoms with Gasteiger partial charge in [-0.1, -0.05) is 0 Å². The second-order valence-corrected chi connectivity index (χ2v) is 1.22. The molecule has 1 rings (SSSR count). The van der Waals surface area contributed by atoms with Crippen LogP contribution in [0.3, 0.4) is 0 Å². The summed E-state index contributed by atoms with van der Waals surface area (Å²) in [6.07, 6.45) is 0. The van der Waals surface area contributed by atoms with Gasteiger partial charge in [0.1, 0.15) is 0 Å². The fraction of sp³-hybridized carbons (Fsp3) is 1.00. The first kappa shape index (κ1) is 8.18. The number of hydrogen-bond donors (Lipinski definition) is 0. The Morgan fingerprint density at radius 3 is 1.29 bits per heavy atom. The first-order chi connectivity index (χ1) is 3.00. The Kier molecular flexibility index (Phi) is 6.22. The van der Waals surface area contributed by atoms with Crippen molar-refractivity contribution < 1.29 is 12.3 Å². The Morgan fingerprint density at radius 2 is 1.14 bits per heavy atom. The Labute approximate surface area is 76.1 Å². The fourth-order valence-corrected chi connectivity index (χ4v) is 0.440. The molecule has 1 fully saturated rings. The summed E-state index contributed by atoms with van der Waals surface area (Å²) in [5, 5.41) is 0. The van der Waals surface area contributed by atoms with Gasteiger partial charge >= 0.3 is 37.7 Å². The Hall–Kier alpha value is 1.18. The molecule has 0 aliphatic carbocycles. The van der Waals surface area contributed by atoms with Crippen molar-refractivity contribution in [1.82, 2.24) is 0 Å². The zero-order chi connectivity index (χ0) is 4.24. The van der Waals surface area contributed by atoms with E-state index in [1.54, 1.807) is 0 Å². The molecule has 1 aliphatic heterocycles. The molecule has 0 bridgehead atoms. The summed E-state index contributed by atoms with van der Waals surface area (Å²) in [5.74, 6) is 0. The van der Waals surface area contributed by atoms with E-state index in [9.17, 15) is 0 Å².